The molecule has 0 radical (unpaired) electrons. The van der Waals surface area contributed by atoms with Crippen LogP contribution < -0.4 is 19.7 Å². The smallest absolute Gasteiger partial charge is 0.289 e. The highest BCUT2D eigenvalue weighted by molar-refractivity contribution is 6.33. The number of nitrogens with zero attached hydrogens (tertiary/aromatic N) is 2. The van der Waals surface area contributed by atoms with Gasteiger partial charge in [0, 0.05) is 37.4 Å². The number of piperazine rings is 1. The Morgan fingerprint density at radius 2 is 1.70 bits per heavy atom. The van der Waals surface area contributed by atoms with Gasteiger partial charge in [-0.05, 0) is 48.5 Å². The van der Waals surface area contributed by atoms with Crippen LogP contribution in [0, 0.1) is 0 Å². The normalized spacial score (nSPS) is 15.3. The number of carbonyl (C=O) groups excluding carboxylic acids is 2. The van der Waals surface area contributed by atoms with Crippen LogP contribution in [0.15, 0.2) is 59.2 Å². The zero-order valence-corrected chi connectivity index (χ0v) is 18.5. The van der Waals surface area contributed by atoms with Gasteiger partial charge in [0.05, 0.1) is 17.0 Å². The van der Waals surface area contributed by atoms with Gasteiger partial charge in [-0.3, -0.25) is 9.59 Å². The summed E-state index contributed by atoms with van der Waals surface area (Å²) in [4.78, 5) is 29.0. The maximum absolute atomic E-state index is 12.7. The van der Waals surface area contributed by atoms with Crippen molar-refractivity contribution in [2.24, 2.45) is 0 Å². The Hall–Kier alpha value is -3.65. The summed E-state index contributed by atoms with van der Waals surface area (Å²) in [6.45, 7) is 3.39. The van der Waals surface area contributed by atoms with Crippen LogP contribution in [0.4, 0.5) is 11.4 Å². The third kappa shape index (κ3) is 4.47. The Morgan fingerprint density at radius 1 is 0.909 bits per heavy atom. The molecule has 1 N–H and O–H groups in total. The number of fused-ring (bicyclic) bond motifs is 1. The van der Waals surface area contributed by atoms with E-state index in [2.05, 4.69) is 10.2 Å². The molecular weight excluding hydrogens is 446 g/mol. The summed E-state index contributed by atoms with van der Waals surface area (Å²) in [6.07, 6.45) is 1.50. The highest BCUT2D eigenvalue weighted by Crippen LogP contribution is 2.32. The maximum atomic E-state index is 12.7. The quantitative estimate of drug-likeness (QED) is 0.626. The van der Waals surface area contributed by atoms with Gasteiger partial charge in [0.2, 0.25) is 0 Å². The Kier molecular flexibility index (Phi) is 5.83. The van der Waals surface area contributed by atoms with Crippen molar-refractivity contribution < 1.29 is 23.5 Å². The molecule has 3 aromatic rings. The summed E-state index contributed by atoms with van der Waals surface area (Å²) >= 11 is 6.54. The van der Waals surface area contributed by atoms with Crippen molar-refractivity contribution in [1.82, 2.24) is 4.90 Å². The number of rotatable bonds is 4. The van der Waals surface area contributed by atoms with Crippen LogP contribution in [0.3, 0.4) is 0 Å². The first-order chi connectivity index (χ1) is 16.1. The van der Waals surface area contributed by atoms with Gasteiger partial charge < -0.3 is 29.0 Å². The van der Waals surface area contributed by atoms with Gasteiger partial charge in [0.15, 0.2) is 17.3 Å². The minimum Gasteiger partial charge on any atom is -0.486 e. The monoisotopic (exact) mass is 467 g/mol. The first-order valence-corrected chi connectivity index (χ1v) is 11.0. The molecule has 2 aliphatic rings. The van der Waals surface area contributed by atoms with Gasteiger partial charge in [-0.1, -0.05) is 11.6 Å². The van der Waals surface area contributed by atoms with Crippen molar-refractivity contribution in [1.29, 1.82) is 0 Å². The molecule has 5 rings (SSSR count). The highest BCUT2D eigenvalue weighted by atomic mass is 35.5. The summed E-state index contributed by atoms with van der Waals surface area (Å²) in [5.74, 6) is 1.17. The van der Waals surface area contributed by atoms with E-state index in [1.807, 2.05) is 12.1 Å². The molecule has 0 bridgehead atoms. The van der Waals surface area contributed by atoms with Crippen molar-refractivity contribution in [2.45, 2.75) is 0 Å². The zero-order chi connectivity index (χ0) is 22.8. The van der Waals surface area contributed by atoms with Gasteiger partial charge in [-0.2, -0.15) is 0 Å². The lowest BCUT2D eigenvalue weighted by Crippen LogP contribution is -2.48. The maximum Gasteiger partial charge on any atom is 0.289 e. The summed E-state index contributed by atoms with van der Waals surface area (Å²) < 4.78 is 16.3. The van der Waals surface area contributed by atoms with Crippen LogP contribution in [0.5, 0.6) is 11.5 Å². The van der Waals surface area contributed by atoms with Gasteiger partial charge in [0.25, 0.3) is 11.8 Å². The molecule has 1 aromatic heterocycles. The molecule has 0 saturated carbocycles. The summed E-state index contributed by atoms with van der Waals surface area (Å²) in [5, 5.41) is 3.40. The lowest BCUT2D eigenvalue weighted by Gasteiger charge is -2.36. The van der Waals surface area contributed by atoms with E-state index >= 15 is 0 Å². The van der Waals surface area contributed by atoms with Gasteiger partial charge in [-0.15, -0.1) is 0 Å². The molecule has 170 valence electrons. The summed E-state index contributed by atoms with van der Waals surface area (Å²) in [5.41, 5.74) is 1.92. The lowest BCUT2D eigenvalue weighted by molar-refractivity contribution is 0.0714. The van der Waals surface area contributed by atoms with Crippen molar-refractivity contribution in [3.8, 4) is 11.5 Å². The fourth-order valence-corrected chi connectivity index (χ4v) is 4.24. The van der Waals surface area contributed by atoms with E-state index in [0.717, 1.165) is 5.69 Å². The molecule has 0 aliphatic carbocycles. The van der Waals surface area contributed by atoms with Gasteiger partial charge in [-0.25, -0.2) is 0 Å². The molecule has 33 heavy (non-hydrogen) atoms. The predicted molar refractivity (Wildman–Crippen MR) is 124 cm³/mol. The number of anilines is 2. The molecule has 2 amide bonds. The molecule has 2 aliphatic heterocycles. The second-order valence-corrected chi connectivity index (χ2v) is 8.14. The number of amides is 2. The SMILES string of the molecule is O=C(Nc1ccc(N2CCN(C(=O)c3ccco3)CC2)c(Cl)c1)c1ccc2c(c1)OCCO2. The number of furan rings is 1. The third-order valence-corrected chi connectivity index (χ3v) is 5.95. The Morgan fingerprint density at radius 3 is 2.42 bits per heavy atom. The standard InChI is InChI=1S/C24H22ClN3O5/c25-18-15-17(26-23(29)16-3-6-20-22(14-16)33-13-12-32-20)4-5-19(18)27-7-9-28(10-8-27)24(30)21-2-1-11-31-21/h1-6,11,14-15H,7-10,12-13H2,(H,26,29). The van der Waals surface area contributed by atoms with Crippen LogP contribution >= 0.6 is 11.6 Å². The highest BCUT2D eigenvalue weighted by Gasteiger charge is 2.25. The average Bonchev–Trinajstić information content (AvgIpc) is 3.39. The molecule has 8 nitrogen and oxygen atoms in total. The van der Waals surface area contributed by atoms with E-state index in [1.165, 1.54) is 6.26 Å². The second kappa shape index (κ2) is 9.07. The molecular formula is C24H22ClN3O5. The summed E-state index contributed by atoms with van der Waals surface area (Å²) in [7, 11) is 0. The lowest BCUT2D eigenvalue weighted by atomic mass is 10.1. The molecule has 3 heterocycles. The fraction of sp³-hybridized carbons (Fsp3) is 0.250. The van der Waals surface area contributed by atoms with Crippen LogP contribution in [0.1, 0.15) is 20.9 Å². The first kappa shape index (κ1) is 21.2. The van der Waals surface area contributed by atoms with Crippen molar-refractivity contribution in [3.63, 3.8) is 0 Å². The topological polar surface area (TPSA) is 84.3 Å². The number of halogens is 1. The number of hydrogen-bond donors (Lipinski definition) is 1. The minimum absolute atomic E-state index is 0.108. The van der Waals surface area contributed by atoms with Crippen LogP contribution in [0.2, 0.25) is 5.02 Å². The largest absolute Gasteiger partial charge is 0.486 e. The molecule has 2 aromatic carbocycles. The molecule has 9 heteroatoms. The van der Waals surface area contributed by atoms with Gasteiger partial charge >= 0.3 is 0 Å². The Labute approximate surface area is 195 Å². The minimum atomic E-state index is -0.263. The first-order valence-electron chi connectivity index (χ1n) is 10.7. The number of carbonyl (C=O) groups is 2. The fourth-order valence-electron chi connectivity index (χ4n) is 3.94. The molecule has 0 unspecified atom stereocenters. The number of nitrogens with one attached hydrogen (secondary N) is 1. The number of benzene rings is 2. The number of hydrogen-bond acceptors (Lipinski definition) is 6. The third-order valence-electron chi connectivity index (χ3n) is 5.65. The summed E-state index contributed by atoms with van der Waals surface area (Å²) in [6, 6.07) is 13.9. The molecule has 0 atom stereocenters. The molecule has 1 saturated heterocycles. The van der Waals surface area contributed by atoms with Crippen molar-refractivity contribution >= 4 is 34.8 Å². The Balaban J connectivity index is 1.22. The van der Waals surface area contributed by atoms with E-state index in [-0.39, 0.29) is 11.8 Å². The van der Waals surface area contributed by atoms with E-state index < -0.39 is 0 Å². The molecule has 1 fully saturated rings. The van der Waals surface area contributed by atoms with Crippen molar-refractivity contribution in [2.75, 3.05) is 49.6 Å². The van der Waals surface area contributed by atoms with E-state index in [0.29, 0.717) is 72.9 Å². The second-order valence-electron chi connectivity index (χ2n) is 7.74. The van der Waals surface area contributed by atoms with E-state index in [4.69, 9.17) is 25.5 Å². The van der Waals surface area contributed by atoms with Crippen LogP contribution in [0.25, 0.3) is 0 Å². The van der Waals surface area contributed by atoms with Crippen LogP contribution in [-0.4, -0.2) is 56.1 Å². The van der Waals surface area contributed by atoms with Gasteiger partial charge in [0.1, 0.15) is 13.2 Å². The van der Waals surface area contributed by atoms with E-state index in [9.17, 15) is 9.59 Å². The zero-order valence-electron chi connectivity index (χ0n) is 17.8. The van der Waals surface area contributed by atoms with E-state index in [1.54, 1.807) is 41.3 Å². The van der Waals surface area contributed by atoms with Crippen molar-refractivity contribution in [3.05, 3.63) is 71.1 Å². The van der Waals surface area contributed by atoms with Crippen LogP contribution in [-0.2, 0) is 0 Å². The average molecular weight is 468 g/mol. The molecule has 0 spiro atoms. The number of ether oxygens (including phenoxy) is 2. The predicted octanol–water partition coefficient (Wildman–Crippen LogP) is 3.92. The Bertz CT molecular complexity index is 1170.